The van der Waals surface area contributed by atoms with Gasteiger partial charge < -0.3 is 10.6 Å². The number of nitrogens with zero attached hydrogens (tertiary/aromatic N) is 1. The van der Waals surface area contributed by atoms with Gasteiger partial charge in [0.05, 0.1) is 11.1 Å². The summed E-state index contributed by atoms with van der Waals surface area (Å²) in [6, 6.07) is 11.2. The molecule has 5 heteroatoms. The van der Waals surface area contributed by atoms with Gasteiger partial charge in [0, 0.05) is 7.05 Å². The van der Waals surface area contributed by atoms with Crippen LogP contribution in [0.15, 0.2) is 36.4 Å². The Morgan fingerprint density at radius 3 is 2.62 bits per heavy atom. The zero-order valence-corrected chi connectivity index (χ0v) is 13.0. The average molecular weight is 304 g/mol. The van der Waals surface area contributed by atoms with Gasteiger partial charge >= 0.3 is 0 Å². The number of amides is 1. The van der Waals surface area contributed by atoms with E-state index in [1.165, 1.54) is 0 Å². The van der Waals surface area contributed by atoms with E-state index in [-0.39, 0.29) is 17.6 Å². The third-order valence-corrected chi connectivity index (χ3v) is 3.62. The molecule has 0 radical (unpaired) electrons. The van der Waals surface area contributed by atoms with Crippen molar-refractivity contribution in [1.29, 1.82) is 0 Å². The summed E-state index contributed by atoms with van der Waals surface area (Å²) in [4.78, 5) is 16.5. The fourth-order valence-electron chi connectivity index (χ4n) is 2.16. The molecule has 1 aromatic heterocycles. The lowest BCUT2D eigenvalue weighted by Gasteiger charge is -2.17. The molecule has 0 fully saturated rings. The summed E-state index contributed by atoms with van der Waals surface area (Å²) >= 11 is 6.06. The first-order valence-corrected chi connectivity index (χ1v) is 7.11. The van der Waals surface area contributed by atoms with Gasteiger partial charge in [-0.15, -0.1) is 0 Å². The van der Waals surface area contributed by atoms with Crippen LogP contribution in [0.5, 0.6) is 0 Å². The maximum absolute atomic E-state index is 12.3. The third kappa shape index (κ3) is 3.52. The highest BCUT2D eigenvalue weighted by Crippen LogP contribution is 2.20. The lowest BCUT2D eigenvalue weighted by Crippen LogP contribution is -2.28. The quantitative estimate of drug-likeness (QED) is 0.908. The molecule has 1 heterocycles. The van der Waals surface area contributed by atoms with Crippen molar-refractivity contribution < 1.29 is 4.79 Å². The number of rotatable bonds is 4. The van der Waals surface area contributed by atoms with Crippen molar-refractivity contribution in [3.63, 3.8) is 0 Å². The normalized spacial score (nSPS) is 11.8. The van der Waals surface area contributed by atoms with Crippen LogP contribution in [0.2, 0.25) is 5.02 Å². The van der Waals surface area contributed by atoms with Crippen molar-refractivity contribution in [3.05, 3.63) is 58.2 Å². The molecule has 2 aromatic rings. The molecule has 21 heavy (non-hydrogen) atoms. The van der Waals surface area contributed by atoms with Crippen LogP contribution in [0, 0.1) is 6.92 Å². The van der Waals surface area contributed by atoms with Crippen LogP contribution in [0.3, 0.4) is 0 Å². The maximum atomic E-state index is 12.3. The van der Waals surface area contributed by atoms with Gasteiger partial charge in [0.25, 0.3) is 5.91 Å². The van der Waals surface area contributed by atoms with E-state index in [9.17, 15) is 4.79 Å². The number of hydrogen-bond donors (Lipinski definition) is 2. The van der Waals surface area contributed by atoms with Gasteiger partial charge in [-0.3, -0.25) is 4.79 Å². The number of pyridine rings is 1. The predicted octanol–water partition coefficient (Wildman–Crippen LogP) is 3.58. The molecule has 0 aliphatic carbocycles. The van der Waals surface area contributed by atoms with Gasteiger partial charge in [-0.05, 0) is 37.1 Å². The highest BCUT2D eigenvalue weighted by molar-refractivity contribution is 6.33. The van der Waals surface area contributed by atoms with E-state index in [1.54, 1.807) is 19.2 Å². The molecular weight excluding hydrogens is 286 g/mol. The number of aromatic nitrogens is 1. The lowest BCUT2D eigenvalue weighted by molar-refractivity contribution is 0.0935. The van der Waals surface area contributed by atoms with E-state index < -0.39 is 0 Å². The molecule has 1 atom stereocenters. The minimum Gasteiger partial charge on any atom is -0.373 e. The van der Waals surface area contributed by atoms with Crippen molar-refractivity contribution in [3.8, 4) is 0 Å². The fraction of sp³-hybridized carbons (Fsp3) is 0.250. The van der Waals surface area contributed by atoms with Crippen LogP contribution in [0.4, 0.5) is 5.82 Å². The molecule has 0 saturated heterocycles. The summed E-state index contributed by atoms with van der Waals surface area (Å²) in [6.45, 7) is 3.96. The van der Waals surface area contributed by atoms with Crippen molar-refractivity contribution in [2.24, 2.45) is 0 Å². The van der Waals surface area contributed by atoms with E-state index in [2.05, 4.69) is 15.6 Å². The number of nitrogens with one attached hydrogen (secondary N) is 2. The van der Waals surface area contributed by atoms with Gasteiger partial charge in [0.1, 0.15) is 11.5 Å². The highest BCUT2D eigenvalue weighted by atomic mass is 35.5. The molecule has 0 aliphatic rings. The van der Waals surface area contributed by atoms with Gasteiger partial charge in [0.15, 0.2) is 0 Å². The summed E-state index contributed by atoms with van der Waals surface area (Å²) in [7, 11) is 1.74. The second-order valence-electron chi connectivity index (χ2n) is 4.83. The van der Waals surface area contributed by atoms with Crippen LogP contribution in [0.25, 0.3) is 0 Å². The van der Waals surface area contributed by atoms with Crippen molar-refractivity contribution in [2.75, 3.05) is 12.4 Å². The number of carbonyl (C=O) groups is 1. The molecule has 4 nitrogen and oxygen atoms in total. The van der Waals surface area contributed by atoms with Crippen LogP contribution in [-0.2, 0) is 0 Å². The number of halogens is 1. The van der Waals surface area contributed by atoms with Gasteiger partial charge in [-0.1, -0.05) is 35.9 Å². The number of benzene rings is 1. The van der Waals surface area contributed by atoms with Gasteiger partial charge in [0.2, 0.25) is 0 Å². The minimum atomic E-state index is -0.284. The van der Waals surface area contributed by atoms with E-state index >= 15 is 0 Å². The smallest absolute Gasteiger partial charge is 0.271 e. The van der Waals surface area contributed by atoms with Crippen molar-refractivity contribution in [2.45, 2.75) is 19.9 Å². The van der Waals surface area contributed by atoms with Crippen LogP contribution < -0.4 is 10.6 Å². The zero-order valence-electron chi connectivity index (χ0n) is 12.3. The zero-order chi connectivity index (χ0) is 15.4. The number of hydrogen-bond acceptors (Lipinski definition) is 3. The molecule has 0 bridgehead atoms. The Labute approximate surface area is 129 Å². The summed E-state index contributed by atoms with van der Waals surface area (Å²) < 4.78 is 0. The number of aryl methyl sites for hydroxylation is 1. The Hall–Kier alpha value is -2.07. The first kappa shape index (κ1) is 15.3. The third-order valence-electron chi connectivity index (χ3n) is 3.32. The lowest BCUT2D eigenvalue weighted by atomic mass is 10.0. The SMILES string of the molecule is CNc1ccc(Cl)c(C(=O)NC(C)c2ccccc2C)n1. The second-order valence-corrected chi connectivity index (χ2v) is 5.24. The predicted molar refractivity (Wildman–Crippen MR) is 85.9 cm³/mol. The Morgan fingerprint density at radius 2 is 1.95 bits per heavy atom. The average Bonchev–Trinajstić information content (AvgIpc) is 2.48. The topological polar surface area (TPSA) is 54.0 Å². The van der Waals surface area contributed by atoms with Gasteiger partial charge in [-0.25, -0.2) is 4.98 Å². The Bertz CT molecular complexity index is 658. The Morgan fingerprint density at radius 1 is 1.24 bits per heavy atom. The standard InChI is InChI=1S/C16H18ClN3O/c1-10-6-4-5-7-12(10)11(2)19-16(21)15-13(17)8-9-14(18-3)20-15/h4-9,11H,1-3H3,(H,18,20)(H,19,21). The van der Waals surface area contributed by atoms with E-state index in [1.807, 2.05) is 38.1 Å². The summed E-state index contributed by atoms with van der Waals surface area (Å²) in [5, 5.41) is 6.16. The number of carbonyl (C=O) groups excluding carboxylic acids is 1. The van der Waals surface area contributed by atoms with Crippen LogP contribution in [-0.4, -0.2) is 17.9 Å². The second kappa shape index (κ2) is 6.59. The highest BCUT2D eigenvalue weighted by Gasteiger charge is 2.17. The minimum absolute atomic E-state index is 0.116. The Balaban J connectivity index is 2.20. The summed E-state index contributed by atoms with van der Waals surface area (Å²) in [5.74, 6) is 0.320. The van der Waals surface area contributed by atoms with E-state index in [0.717, 1.165) is 11.1 Å². The Kier molecular flexibility index (Phi) is 4.81. The monoisotopic (exact) mass is 303 g/mol. The summed E-state index contributed by atoms with van der Waals surface area (Å²) in [6.07, 6.45) is 0. The van der Waals surface area contributed by atoms with E-state index in [4.69, 9.17) is 11.6 Å². The first-order valence-electron chi connectivity index (χ1n) is 6.73. The van der Waals surface area contributed by atoms with E-state index in [0.29, 0.717) is 10.8 Å². The molecule has 0 saturated carbocycles. The van der Waals surface area contributed by atoms with Gasteiger partial charge in [-0.2, -0.15) is 0 Å². The van der Waals surface area contributed by atoms with Crippen LogP contribution in [0.1, 0.15) is 34.6 Å². The molecule has 0 spiro atoms. The molecule has 1 amide bonds. The maximum Gasteiger partial charge on any atom is 0.271 e. The number of anilines is 1. The largest absolute Gasteiger partial charge is 0.373 e. The summed E-state index contributed by atoms with van der Waals surface area (Å²) in [5.41, 5.74) is 2.43. The molecule has 1 aromatic carbocycles. The van der Waals surface area contributed by atoms with Crippen LogP contribution >= 0.6 is 11.6 Å². The molecule has 2 rings (SSSR count). The molecule has 0 aliphatic heterocycles. The fourth-order valence-corrected chi connectivity index (χ4v) is 2.35. The molecule has 2 N–H and O–H groups in total. The molecular formula is C16H18ClN3O. The van der Waals surface area contributed by atoms with Crippen molar-refractivity contribution in [1.82, 2.24) is 10.3 Å². The first-order chi connectivity index (χ1) is 10.0. The van der Waals surface area contributed by atoms with Crippen molar-refractivity contribution >= 4 is 23.3 Å². The molecule has 110 valence electrons. The molecule has 1 unspecified atom stereocenters.